The number of nitrogens with zero attached hydrogens (tertiary/aromatic N) is 1. The molecule has 100 valence electrons. The Kier molecular flexibility index (Phi) is 9.05. The number of hydrogen-bond acceptors (Lipinski definition) is 4. The molecule has 0 aliphatic rings. The van der Waals surface area contributed by atoms with E-state index in [4.69, 9.17) is 17.7 Å². The zero-order valence-corrected chi connectivity index (χ0v) is 13.7. The van der Waals surface area contributed by atoms with E-state index in [0.29, 0.717) is 0 Å². The molecule has 0 bridgehead atoms. The minimum Gasteiger partial charge on any atom is -1.00 e. The topological polar surface area (TPSA) is 44.7 Å². The maximum atomic E-state index is 5.34. The Hall–Kier alpha value is 0.0369. The molecule has 1 rings (SSSR count). The lowest BCUT2D eigenvalue weighted by atomic mass is 10.3. The fraction of sp³-hybridized carbons (Fsp3) is 0.700. The molecule has 17 heavy (non-hydrogen) atoms. The van der Waals surface area contributed by atoms with E-state index in [1.165, 1.54) is 0 Å². The third-order valence-corrected chi connectivity index (χ3v) is 5.44. The van der Waals surface area contributed by atoms with E-state index in [2.05, 4.69) is 0 Å². The zero-order valence-electron chi connectivity index (χ0n) is 10.5. The third kappa shape index (κ3) is 5.47. The Balaban J connectivity index is 0.00000256. The van der Waals surface area contributed by atoms with Crippen molar-refractivity contribution >= 4 is 8.80 Å². The lowest BCUT2D eigenvalue weighted by Gasteiger charge is -2.23. The van der Waals surface area contributed by atoms with E-state index in [9.17, 15) is 0 Å². The minimum absolute atomic E-state index is 0. The van der Waals surface area contributed by atoms with Gasteiger partial charge in [-0.1, -0.05) is 0 Å². The van der Waals surface area contributed by atoms with Gasteiger partial charge in [-0.15, -0.1) is 0 Å². The van der Waals surface area contributed by atoms with Crippen LogP contribution in [0.1, 0.15) is 12.8 Å². The van der Waals surface area contributed by atoms with Crippen LogP contribution in [0, 0.1) is 0 Å². The van der Waals surface area contributed by atoms with Gasteiger partial charge in [0.2, 0.25) is 6.20 Å². The molecular formula is C10H20INO4Si. The first kappa shape index (κ1) is 17.0. The van der Waals surface area contributed by atoms with Gasteiger partial charge in [-0.25, -0.2) is 0 Å². The third-order valence-electron chi connectivity index (χ3n) is 2.61. The van der Waals surface area contributed by atoms with Crippen LogP contribution in [0.25, 0.3) is 0 Å². The Morgan fingerprint density at radius 1 is 1.12 bits per heavy atom. The van der Waals surface area contributed by atoms with Gasteiger partial charge in [0, 0.05) is 33.8 Å². The van der Waals surface area contributed by atoms with Gasteiger partial charge < -0.3 is 41.7 Å². The van der Waals surface area contributed by atoms with Crippen molar-refractivity contribution in [3.63, 3.8) is 0 Å². The van der Waals surface area contributed by atoms with Crippen LogP contribution in [0.5, 0.6) is 0 Å². The monoisotopic (exact) mass is 373 g/mol. The standard InChI is InChI=1S/C10H20NO4Si.HI/c1-12-16(13-2,14-3)9-5-4-6-11-7-8-15-10-11;/h7-8,10H,4-6,9H2,1-3H3;1H/q+1;/p-1. The summed E-state index contributed by atoms with van der Waals surface area (Å²) in [5.74, 6) is 0. The van der Waals surface area contributed by atoms with Crippen LogP contribution in [0.2, 0.25) is 6.04 Å². The van der Waals surface area contributed by atoms with Crippen LogP contribution in [0.3, 0.4) is 0 Å². The van der Waals surface area contributed by atoms with Crippen LogP contribution in [-0.4, -0.2) is 30.1 Å². The van der Waals surface area contributed by atoms with Crippen molar-refractivity contribution in [1.82, 2.24) is 0 Å². The number of rotatable bonds is 8. The van der Waals surface area contributed by atoms with Gasteiger partial charge in [-0.3, -0.25) is 0 Å². The summed E-state index contributed by atoms with van der Waals surface area (Å²) in [6.07, 6.45) is 7.34. The van der Waals surface area contributed by atoms with Crippen LogP contribution in [0.15, 0.2) is 23.3 Å². The number of halogens is 1. The van der Waals surface area contributed by atoms with Gasteiger partial charge in [0.05, 0.1) is 0 Å². The van der Waals surface area contributed by atoms with Crippen LogP contribution in [0.4, 0.5) is 0 Å². The van der Waals surface area contributed by atoms with E-state index in [1.54, 1.807) is 34.0 Å². The van der Waals surface area contributed by atoms with Crippen molar-refractivity contribution in [2.24, 2.45) is 0 Å². The summed E-state index contributed by atoms with van der Waals surface area (Å²) in [5.41, 5.74) is 0. The Morgan fingerprint density at radius 3 is 2.24 bits per heavy atom. The normalized spacial score (nSPS) is 11.2. The molecule has 0 atom stereocenters. The number of aryl methyl sites for hydroxylation is 1. The van der Waals surface area contributed by atoms with E-state index in [-0.39, 0.29) is 24.0 Å². The molecule has 1 aromatic rings. The number of hydrogen-bond donors (Lipinski definition) is 0. The molecule has 1 aromatic heterocycles. The molecule has 0 unspecified atom stereocenters. The van der Waals surface area contributed by atoms with Crippen LogP contribution >= 0.6 is 0 Å². The van der Waals surface area contributed by atoms with Gasteiger partial charge in [0.1, 0.15) is 0 Å². The van der Waals surface area contributed by atoms with Crippen molar-refractivity contribution < 1.29 is 46.2 Å². The van der Waals surface area contributed by atoms with Crippen LogP contribution < -0.4 is 28.5 Å². The molecular weight excluding hydrogens is 353 g/mol. The zero-order chi connectivity index (χ0) is 11.9. The first-order valence-corrected chi connectivity index (χ1v) is 7.26. The molecule has 5 nitrogen and oxygen atoms in total. The summed E-state index contributed by atoms with van der Waals surface area (Å²) in [4.78, 5) is 0. The average molecular weight is 373 g/mol. The first-order chi connectivity index (χ1) is 7.76. The second-order valence-corrected chi connectivity index (χ2v) is 6.61. The highest BCUT2D eigenvalue weighted by molar-refractivity contribution is 6.60. The number of unbranched alkanes of at least 4 members (excludes halogenated alkanes) is 1. The molecule has 0 aliphatic heterocycles. The molecule has 0 saturated carbocycles. The summed E-state index contributed by atoms with van der Waals surface area (Å²) < 4.78 is 23.0. The molecule has 0 aliphatic carbocycles. The summed E-state index contributed by atoms with van der Waals surface area (Å²) >= 11 is 0. The van der Waals surface area contributed by atoms with Gasteiger partial charge in [0.15, 0.2) is 12.8 Å². The number of oxazole rings is 1. The van der Waals surface area contributed by atoms with Gasteiger partial charge in [-0.05, 0) is 6.42 Å². The highest BCUT2D eigenvalue weighted by Crippen LogP contribution is 2.16. The fourth-order valence-electron chi connectivity index (χ4n) is 1.58. The molecule has 1 heterocycles. The molecule has 0 aromatic carbocycles. The van der Waals surface area contributed by atoms with Gasteiger partial charge >= 0.3 is 15.2 Å². The number of aromatic nitrogens is 1. The smallest absolute Gasteiger partial charge is 0.500 e. The summed E-state index contributed by atoms with van der Waals surface area (Å²) in [5, 5.41) is 0. The lowest BCUT2D eigenvalue weighted by molar-refractivity contribution is -0.700. The Labute approximate surface area is 120 Å². The minimum atomic E-state index is -2.37. The molecule has 0 saturated heterocycles. The Bertz CT molecular complexity index is 272. The molecule has 0 N–H and O–H groups in total. The quantitative estimate of drug-likeness (QED) is 0.234. The molecule has 0 spiro atoms. The van der Waals surface area contributed by atoms with E-state index < -0.39 is 8.80 Å². The molecule has 0 fully saturated rings. The largest absolute Gasteiger partial charge is 1.00 e. The maximum absolute atomic E-state index is 5.34. The molecule has 0 radical (unpaired) electrons. The highest BCUT2D eigenvalue weighted by Gasteiger charge is 2.36. The first-order valence-electron chi connectivity index (χ1n) is 5.33. The van der Waals surface area contributed by atoms with E-state index in [1.807, 2.05) is 10.8 Å². The van der Waals surface area contributed by atoms with E-state index >= 15 is 0 Å². The van der Waals surface area contributed by atoms with Crippen molar-refractivity contribution in [3.05, 3.63) is 18.9 Å². The predicted molar refractivity (Wildman–Crippen MR) is 59.7 cm³/mol. The highest BCUT2D eigenvalue weighted by atomic mass is 127. The van der Waals surface area contributed by atoms with Crippen molar-refractivity contribution in [3.8, 4) is 0 Å². The van der Waals surface area contributed by atoms with Crippen molar-refractivity contribution in [1.29, 1.82) is 0 Å². The maximum Gasteiger partial charge on any atom is 0.500 e. The Morgan fingerprint density at radius 2 is 1.76 bits per heavy atom. The average Bonchev–Trinajstić information content (AvgIpc) is 2.83. The lowest BCUT2D eigenvalue weighted by Crippen LogP contribution is -3.00. The van der Waals surface area contributed by atoms with Crippen molar-refractivity contribution in [2.45, 2.75) is 25.4 Å². The fourth-order valence-corrected chi connectivity index (χ4v) is 3.38. The second kappa shape index (κ2) is 9.03. The van der Waals surface area contributed by atoms with Gasteiger partial charge in [0.25, 0.3) is 0 Å². The molecule has 0 amide bonds. The van der Waals surface area contributed by atoms with Crippen molar-refractivity contribution in [2.75, 3.05) is 21.3 Å². The summed E-state index contributed by atoms with van der Waals surface area (Å²) in [7, 11) is 2.56. The van der Waals surface area contributed by atoms with Crippen LogP contribution in [-0.2, 0) is 19.8 Å². The summed E-state index contributed by atoms with van der Waals surface area (Å²) in [6.45, 7) is 0.943. The summed E-state index contributed by atoms with van der Waals surface area (Å²) in [6, 6.07) is 0.842. The molecule has 7 heteroatoms. The van der Waals surface area contributed by atoms with Gasteiger partial charge in [-0.2, -0.15) is 4.57 Å². The SMILES string of the molecule is CO[Si](CCCC[n+]1ccoc1)(OC)OC.[I-]. The van der Waals surface area contributed by atoms with E-state index in [0.717, 1.165) is 25.4 Å². The predicted octanol–water partition coefficient (Wildman–Crippen LogP) is -1.77. The second-order valence-electron chi connectivity index (χ2n) is 3.52.